The summed E-state index contributed by atoms with van der Waals surface area (Å²) in [6.07, 6.45) is 2.67. The van der Waals surface area contributed by atoms with Crippen molar-refractivity contribution < 1.29 is 0 Å². The van der Waals surface area contributed by atoms with Gasteiger partial charge in [-0.1, -0.05) is 24.3 Å². The molecule has 3 N–H and O–H groups in total. The minimum Gasteiger partial charge on any atom is -0.370 e. The predicted molar refractivity (Wildman–Crippen MR) is 75.8 cm³/mol. The Morgan fingerprint density at radius 2 is 2.32 bits per heavy atom. The second-order valence-electron chi connectivity index (χ2n) is 4.23. The van der Waals surface area contributed by atoms with Gasteiger partial charge in [-0.3, -0.25) is 4.68 Å². The molecule has 19 heavy (non-hydrogen) atoms. The number of aliphatic imine (C=N–C) groups is 1. The number of hydrogen-bond acceptors (Lipinski definition) is 3. The molecule has 0 fully saturated rings. The fraction of sp³-hybridized carbons (Fsp3) is 0.308. The Morgan fingerprint density at radius 3 is 3.00 bits per heavy atom. The summed E-state index contributed by atoms with van der Waals surface area (Å²) in [5.41, 5.74) is 8.97. The van der Waals surface area contributed by atoms with Crippen molar-refractivity contribution >= 4 is 11.6 Å². The van der Waals surface area contributed by atoms with Gasteiger partial charge in [-0.05, 0) is 24.1 Å². The molecule has 0 amide bonds. The van der Waals surface area contributed by atoms with Gasteiger partial charge in [-0.25, -0.2) is 4.99 Å². The van der Waals surface area contributed by atoms with E-state index < -0.39 is 0 Å². The van der Waals surface area contributed by atoms with Crippen molar-refractivity contribution in [1.82, 2.24) is 15.0 Å². The number of nitrogens with two attached hydrogens (primary N) is 1. The summed E-state index contributed by atoms with van der Waals surface area (Å²) >= 11 is 0. The molecule has 0 bridgehead atoms. The molecule has 0 aliphatic heterocycles. The maximum absolute atomic E-state index is 5.85. The molecule has 2 rings (SSSR count). The van der Waals surface area contributed by atoms with E-state index in [1.165, 1.54) is 5.56 Å². The van der Waals surface area contributed by atoms with Crippen LogP contribution in [0.4, 0.5) is 5.69 Å². The number of hydrogen-bond donors (Lipinski definition) is 2. The van der Waals surface area contributed by atoms with Crippen molar-refractivity contribution in [2.45, 2.75) is 19.9 Å². The Bertz CT molecular complexity index is 572. The Balaban J connectivity index is 2.00. The van der Waals surface area contributed by atoms with E-state index in [1.807, 2.05) is 19.2 Å². The van der Waals surface area contributed by atoms with Crippen LogP contribution in [0.5, 0.6) is 0 Å². The number of aromatic nitrogens is 3. The fourth-order valence-electron chi connectivity index (χ4n) is 1.68. The molecule has 6 nitrogen and oxygen atoms in total. The average Bonchev–Trinajstić information content (AvgIpc) is 2.82. The van der Waals surface area contributed by atoms with Gasteiger partial charge in [0, 0.05) is 12.7 Å². The zero-order valence-corrected chi connectivity index (χ0v) is 11.2. The lowest BCUT2D eigenvalue weighted by Crippen LogP contribution is -2.22. The number of guanidine groups is 1. The molecule has 0 unspecified atom stereocenters. The van der Waals surface area contributed by atoms with Gasteiger partial charge >= 0.3 is 0 Å². The number of nitrogens with zero attached hydrogens (tertiary/aromatic N) is 4. The summed E-state index contributed by atoms with van der Waals surface area (Å²) in [7, 11) is 1.83. The summed E-state index contributed by atoms with van der Waals surface area (Å²) < 4.78 is 1.68. The van der Waals surface area contributed by atoms with Crippen molar-refractivity contribution in [3.05, 3.63) is 41.7 Å². The largest absolute Gasteiger partial charge is 0.370 e. The molecule has 1 aromatic heterocycles. The lowest BCUT2D eigenvalue weighted by molar-refractivity contribution is 0.678. The third-order valence-electron chi connectivity index (χ3n) is 2.83. The van der Waals surface area contributed by atoms with Gasteiger partial charge in [0.1, 0.15) is 0 Å². The molecule has 0 atom stereocenters. The summed E-state index contributed by atoms with van der Waals surface area (Å²) in [5.74, 6) is 0.384. The molecule has 0 aliphatic carbocycles. The van der Waals surface area contributed by atoms with Crippen molar-refractivity contribution in [3.8, 4) is 0 Å². The monoisotopic (exact) mass is 258 g/mol. The number of anilines is 1. The van der Waals surface area contributed by atoms with E-state index in [4.69, 9.17) is 5.73 Å². The Kier molecular flexibility index (Phi) is 4.12. The predicted octanol–water partition coefficient (Wildman–Crippen LogP) is 1.30. The summed E-state index contributed by atoms with van der Waals surface area (Å²) in [6, 6.07) is 8.11. The molecule has 6 heteroatoms. The van der Waals surface area contributed by atoms with E-state index >= 15 is 0 Å². The van der Waals surface area contributed by atoms with Gasteiger partial charge in [0.25, 0.3) is 0 Å². The zero-order chi connectivity index (χ0) is 13.7. The van der Waals surface area contributed by atoms with Crippen molar-refractivity contribution in [1.29, 1.82) is 0 Å². The molecule has 0 saturated heterocycles. The molecule has 0 saturated carbocycles. The highest BCUT2D eigenvalue weighted by molar-refractivity contribution is 5.92. The molecular formula is C13H18N6. The van der Waals surface area contributed by atoms with Crippen LogP contribution in [-0.2, 0) is 20.0 Å². The smallest absolute Gasteiger partial charge is 0.193 e. The highest BCUT2D eigenvalue weighted by Crippen LogP contribution is 2.10. The standard InChI is InChI=1S/C13H18N6/c1-3-10-5-4-6-11(7-10)17-13(14)15-8-12-9-16-18-19(12)2/h4-7,9H,3,8H2,1-2H3,(H3,14,15,17). The number of benzene rings is 1. The van der Waals surface area contributed by atoms with Gasteiger partial charge in [0.15, 0.2) is 5.96 Å². The van der Waals surface area contributed by atoms with Gasteiger partial charge < -0.3 is 11.1 Å². The first-order valence-corrected chi connectivity index (χ1v) is 6.18. The Morgan fingerprint density at radius 1 is 1.47 bits per heavy atom. The van der Waals surface area contributed by atoms with Crippen LogP contribution < -0.4 is 11.1 Å². The van der Waals surface area contributed by atoms with E-state index in [2.05, 4.69) is 39.7 Å². The quantitative estimate of drug-likeness (QED) is 0.640. The van der Waals surface area contributed by atoms with Crippen molar-refractivity contribution in [2.24, 2.45) is 17.8 Å². The van der Waals surface area contributed by atoms with Crippen LogP contribution in [0, 0.1) is 0 Å². The normalized spacial score (nSPS) is 11.6. The van der Waals surface area contributed by atoms with Crippen LogP contribution in [0.3, 0.4) is 0 Å². The van der Waals surface area contributed by atoms with E-state index in [0.29, 0.717) is 12.5 Å². The molecule has 0 radical (unpaired) electrons. The van der Waals surface area contributed by atoms with Crippen LogP contribution in [0.2, 0.25) is 0 Å². The van der Waals surface area contributed by atoms with Crippen molar-refractivity contribution in [2.75, 3.05) is 5.32 Å². The maximum Gasteiger partial charge on any atom is 0.193 e. The third-order valence-corrected chi connectivity index (χ3v) is 2.83. The van der Waals surface area contributed by atoms with E-state index in [0.717, 1.165) is 17.8 Å². The van der Waals surface area contributed by atoms with Gasteiger partial charge in [0.2, 0.25) is 0 Å². The lowest BCUT2D eigenvalue weighted by atomic mass is 10.1. The maximum atomic E-state index is 5.85. The second-order valence-corrected chi connectivity index (χ2v) is 4.23. The topological polar surface area (TPSA) is 81.1 Å². The SMILES string of the molecule is CCc1cccc(NC(N)=NCc2cnnn2C)c1. The summed E-state index contributed by atoms with van der Waals surface area (Å²) in [4.78, 5) is 4.26. The minimum atomic E-state index is 0.384. The third kappa shape index (κ3) is 3.54. The molecule has 1 heterocycles. The Labute approximate surface area is 112 Å². The lowest BCUT2D eigenvalue weighted by Gasteiger charge is -2.07. The first kappa shape index (κ1) is 13.1. The Hall–Kier alpha value is -2.37. The average molecular weight is 258 g/mol. The van der Waals surface area contributed by atoms with Gasteiger partial charge in [-0.15, -0.1) is 5.10 Å². The number of aryl methyl sites for hydroxylation is 2. The summed E-state index contributed by atoms with van der Waals surface area (Å²) in [5, 5.41) is 10.7. The molecule has 1 aromatic carbocycles. The molecular weight excluding hydrogens is 240 g/mol. The fourth-order valence-corrected chi connectivity index (χ4v) is 1.68. The van der Waals surface area contributed by atoms with E-state index in [9.17, 15) is 0 Å². The zero-order valence-electron chi connectivity index (χ0n) is 11.2. The van der Waals surface area contributed by atoms with Crippen molar-refractivity contribution in [3.63, 3.8) is 0 Å². The van der Waals surface area contributed by atoms with Crippen LogP contribution in [0.25, 0.3) is 0 Å². The number of nitrogens with one attached hydrogen (secondary N) is 1. The van der Waals surface area contributed by atoms with E-state index in [-0.39, 0.29) is 0 Å². The van der Waals surface area contributed by atoms with Crippen LogP contribution in [0.15, 0.2) is 35.5 Å². The molecule has 100 valence electrons. The highest BCUT2D eigenvalue weighted by Gasteiger charge is 2.00. The second kappa shape index (κ2) is 5.99. The van der Waals surface area contributed by atoms with Crippen LogP contribution in [-0.4, -0.2) is 21.0 Å². The van der Waals surface area contributed by atoms with Crippen LogP contribution in [0.1, 0.15) is 18.2 Å². The van der Waals surface area contributed by atoms with Gasteiger partial charge in [-0.2, -0.15) is 0 Å². The van der Waals surface area contributed by atoms with Gasteiger partial charge in [0.05, 0.1) is 18.4 Å². The summed E-state index contributed by atoms with van der Waals surface area (Å²) in [6.45, 7) is 2.57. The highest BCUT2D eigenvalue weighted by atomic mass is 15.4. The van der Waals surface area contributed by atoms with E-state index in [1.54, 1.807) is 10.9 Å². The molecule has 0 spiro atoms. The van der Waals surface area contributed by atoms with Crippen LogP contribution >= 0.6 is 0 Å². The molecule has 2 aromatic rings. The molecule has 0 aliphatic rings. The first-order chi connectivity index (χ1) is 9.19. The first-order valence-electron chi connectivity index (χ1n) is 6.18. The minimum absolute atomic E-state index is 0.384. The number of rotatable bonds is 4.